The highest BCUT2D eigenvalue weighted by molar-refractivity contribution is 5.88. The third kappa shape index (κ3) is 2.66. The normalized spacial score (nSPS) is 10.1. The molecule has 0 aliphatic heterocycles. The van der Waals surface area contributed by atoms with Crippen molar-refractivity contribution in [3.05, 3.63) is 59.4 Å². The van der Waals surface area contributed by atoms with Gasteiger partial charge in [0, 0.05) is 11.4 Å². The molecule has 3 nitrogen and oxygen atoms in total. The highest BCUT2D eigenvalue weighted by atomic mass is 19.1. The summed E-state index contributed by atoms with van der Waals surface area (Å²) in [5.41, 5.74) is 2.52. The molecule has 0 aliphatic carbocycles. The average molecular weight is 245 g/mol. The topological polar surface area (TPSA) is 49.3 Å². The second-order valence-corrected chi connectivity index (χ2v) is 3.97. The molecule has 18 heavy (non-hydrogen) atoms. The smallest absolute Gasteiger partial charge is 0.335 e. The molecular weight excluding hydrogens is 233 g/mol. The van der Waals surface area contributed by atoms with Crippen LogP contribution in [0.15, 0.2) is 42.5 Å². The van der Waals surface area contributed by atoms with Crippen LogP contribution in [0.2, 0.25) is 0 Å². The Morgan fingerprint density at radius 2 is 1.83 bits per heavy atom. The van der Waals surface area contributed by atoms with E-state index in [-0.39, 0.29) is 11.4 Å². The van der Waals surface area contributed by atoms with Gasteiger partial charge in [-0.25, -0.2) is 9.18 Å². The number of hydrogen-bond acceptors (Lipinski definition) is 2. The molecule has 0 unspecified atom stereocenters. The number of benzene rings is 2. The van der Waals surface area contributed by atoms with Gasteiger partial charge >= 0.3 is 5.97 Å². The standard InChI is InChI=1S/C14H12FNO2/c1-9-2-5-11(15)8-13(9)16-12-6-3-10(4-7-12)14(17)18/h2-8,16H,1H3,(H,17,18). The molecule has 0 bridgehead atoms. The summed E-state index contributed by atoms with van der Waals surface area (Å²) in [4.78, 5) is 10.7. The molecule has 0 spiro atoms. The molecule has 0 aromatic heterocycles. The van der Waals surface area contributed by atoms with Gasteiger partial charge in [0.25, 0.3) is 0 Å². The number of halogens is 1. The van der Waals surface area contributed by atoms with Crippen LogP contribution in [0.3, 0.4) is 0 Å². The van der Waals surface area contributed by atoms with Crippen LogP contribution in [0.4, 0.5) is 15.8 Å². The van der Waals surface area contributed by atoms with E-state index in [0.717, 1.165) is 5.56 Å². The summed E-state index contributed by atoms with van der Waals surface area (Å²) in [6, 6.07) is 10.8. The van der Waals surface area contributed by atoms with Gasteiger partial charge in [0.1, 0.15) is 5.82 Å². The molecule has 0 fully saturated rings. The lowest BCUT2D eigenvalue weighted by atomic mass is 10.1. The summed E-state index contributed by atoms with van der Waals surface area (Å²) in [5.74, 6) is -1.28. The van der Waals surface area contributed by atoms with Crippen LogP contribution in [0.1, 0.15) is 15.9 Å². The van der Waals surface area contributed by atoms with Crippen molar-refractivity contribution in [2.24, 2.45) is 0 Å². The molecule has 2 aromatic carbocycles. The Labute approximate surface area is 104 Å². The number of carboxylic acid groups (broad SMARTS) is 1. The van der Waals surface area contributed by atoms with Gasteiger partial charge in [-0.15, -0.1) is 0 Å². The number of nitrogens with one attached hydrogen (secondary N) is 1. The summed E-state index contributed by atoms with van der Waals surface area (Å²) in [6.07, 6.45) is 0. The summed E-state index contributed by atoms with van der Waals surface area (Å²) in [6.45, 7) is 1.87. The molecule has 0 saturated carbocycles. The van der Waals surface area contributed by atoms with Crippen molar-refractivity contribution >= 4 is 17.3 Å². The van der Waals surface area contributed by atoms with Crippen molar-refractivity contribution in [2.45, 2.75) is 6.92 Å². The average Bonchev–Trinajstić information content (AvgIpc) is 2.34. The van der Waals surface area contributed by atoms with E-state index in [2.05, 4.69) is 5.32 Å². The zero-order chi connectivity index (χ0) is 13.1. The Bertz CT molecular complexity index is 579. The Morgan fingerprint density at radius 3 is 2.44 bits per heavy atom. The number of rotatable bonds is 3. The first kappa shape index (κ1) is 12.1. The number of carbonyl (C=O) groups is 1. The molecular formula is C14H12FNO2. The fourth-order valence-electron chi connectivity index (χ4n) is 1.58. The minimum absolute atomic E-state index is 0.219. The van der Waals surface area contributed by atoms with Crippen LogP contribution in [0, 0.1) is 12.7 Å². The lowest BCUT2D eigenvalue weighted by molar-refractivity contribution is 0.0697. The molecule has 0 aliphatic rings. The molecule has 4 heteroatoms. The molecule has 0 saturated heterocycles. The van der Waals surface area contributed by atoms with Crippen molar-refractivity contribution in [2.75, 3.05) is 5.32 Å². The van der Waals surface area contributed by atoms with Crippen LogP contribution in [-0.4, -0.2) is 11.1 Å². The number of aryl methyl sites for hydroxylation is 1. The molecule has 0 atom stereocenters. The van der Waals surface area contributed by atoms with Crippen LogP contribution < -0.4 is 5.32 Å². The van der Waals surface area contributed by atoms with E-state index in [0.29, 0.717) is 11.4 Å². The molecule has 0 heterocycles. The Kier molecular flexibility index (Phi) is 3.28. The molecule has 92 valence electrons. The van der Waals surface area contributed by atoms with Crippen molar-refractivity contribution in [1.82, 2.24) is 0 Å². The zero-order valence-electron chi connectivity index (χ0n) is 9.77. The van der Waals surface area contributed by atoms with Gasteiger partial charge in [-0.3, -0.25) is 0 Å². The minimum atomic E-state index is -0.969. The first-order valence-electron chi connectivity index (χ1n) is 5.43. The van der Waals surface area contributed by atoms with Crippen LogP contribution >= 0.6 is 0 Å². The summed E-state index contributed by atoms with van der Waals surface area (Å²) in [5, 5.41) is 11.8. The monoisotopic (exact) mass is 245 g/mol. The predicted octanol–water partition coefficient (Wildman–Crippen LogP) is 3.58. The maximum atomic E-state index is 13.1. The van der Waals surface area contributed by atoms with E-state index in [9.17, 15) is 9.18 Å². The van der Waals surface area contributed by atoms with E-state index in [1.54, 1.807) is 18.2 Å². The predicted molar refractivity (Wildman–Crippen MR) is 67.8 cm³/mol. The molecule has 2 aromatic rings. The minimum Gasteiger partial charge on any atom is -0.478 e. The molecule has 2 rings (SSSR count). The second kappa shape index (κ2) is 4.87. The highest BCUT2D eigenvalue weighted by Crippen LogP contribution is 2.21. The number of hydrogen-bond donors (Lipinski definition) is 2. The second-order valence-electron chi connectivity index (χ2n) is 3.97. The highest BCUT2D eigenvalue weighted by Gasteiger charge is 2.03. The SMILES string of the molecule is Cc1ccc(F)cc1Nc1ccc(C(=O)O)cc1. The molecule has 0 amide bonds. The maximum Gasteiger partial charge on any atom is 0.335 e. The van der Waals surface area contributed by atoms with Crippen molar-refractivity contribution in [1.29, 1.82) is 0 Å². The first-order chi connectivity index (χ1) is 8.56. The largest absolute Gasteiger partial charge is 0.478 e. The summed E-state index contributed by atoms with van der Waals surface area (Å²) in [7, 11) is 0. The summed E-state index contributed by atoms with van der Waals surface area (Å²) >= 11 is 0. The molecule has 2 N–H and O–H groups in total. The Balaban J connectivity index is 2.23. The van der Waals surface area contributed by atoms with Gasteiger partial charge in [0.15, 0.2) is 0 Å². The van der Waals surface area contributed by atoms with Crippen molar-refractivity contribution in [3.8, 4) is 0 Å². The maximum absolute atomic E-state index is 13.1. The van der Waals surface area contributed by atoms with Gasteiger partial charge in [0.2, 0.25) is 0 Å². The Hall–Kier alpha value is -2.36. The van der Waals surface area contributed by atoms with E-state index in [1.165, 1.54) is 24.3 Å². The van der Waals surface area contributed by atoms with Gasteiger partial charge < -0.3 is 10.4 Å². The van der Waals surface area contributed by atoms with Gasteiger partial charge in [0.05, 0.1) is 5.56 Å². The zero-order valence-corrected chi connectivity index (χ0v) is 9.77. The number of aromatic carboxylic acids is 1. The van der Waals surface area contributed by atoms with E-state index in [1.807, 2.05) is 6.92 Å². The van der Waals surface area contributed by atoms with Crippen LogP contribution in [0.5, 0.6) is 0 Å². The van der Waals surface area contributed by atoms with Crippen molar-refractivity contribution in [3.63, 3.8) is 0 Å². The van der Waals surface area contributed by atoms with E-state index in [4.69, 9.17) is 5.11 Å². The fourth-order valence-corrected chi connectivity index (χ4v) is 1.58. The Morgan fingerprint density at radius 1 is 1.17 bits per heavy atom. The third-order valence-electron chi connectivity index (χ3n) is 2.61. The van der Waals surface area contributed by atoms with Crippen molar-refractivity contribution < 1.29 is 14.3 Å². The first-order valence-corrected chi connectivity index (χ1v) is 5.43. The van der Waals surface area contributed by atoms with Crippen LogP contribution in [-0.2, 0) is 0 Å². The lowest BCUT2D eigenvalue weighted by Gasteiger charge is -2.09. The number of carboxylic acids is 1. The third-order valence-corrected chi connectivity index (χ3v) is 2.61. The van der Waals surface area contributed by atoms with Crippen LogP contribution in [0.25, 0.3) is 0 Å². The number of anilines is 2. The summed E-state index contributed by atoms with van der Waals surface area (Å²) < 4.78 is 13.1. The fraction of sp³-hybridized carbons (Fsp3) is 0.0714. The molecule has 0 radical (unpaired) electrons. The van der Waals surface area contributed by atoms with Gasteiger partial charge in [-0.05, 0) is 48.9 Å². The van der Waals surface area contributed by atoms with E-state index < -0.39 is 5.97 Å². The van der Waals surface area contributed by atoms with Gasteiger partial charge in [-0.2, -0.15) is 0 Å². The quantitative estimate of drug-likeness (QED) is 0.869. The lowest BCUT2D eigenvalue weighted by Crippen LogP contribution is -1.97. The van der Waals surface area contributed by atoms with E-state index >= 15 is 0 Å². The van der Waals surface area contributed by atoms with Gasteiger partial charge in [-0.1, -0.05) is 6.07 Å².